The standard InChI is InChI=1S/C21H23ClN4O5/c1-2-21(11-27)14(30-19(28)29-6-4-20-8-12(9-20)10-20)7-15(31-21)26-5-3-13-16(23)24-18(22)25-17(13)26/h1,3,5,12,14-15,27H,4,6-11H2,(H2,23,24,25)/t12?,14-,15+,20?,21+/m0/s1. The third-order valence-corrected chi connectivity index (χ3v) is 7.07. The number of hydrogen-bond donors (Lipinski definition) is 2. The van der Waals surface area contributed by atoms with Crippen LogP contribution in [0.5, 0.6) is 0 Å². The van der Waals surface area contributed by atoms with Crippen molar-refractivity contribution < 1.29 is 24.1 Å². The molecule has 3 atom stereocenters. The molecule has 0 unspecified atom stereocenters. The van der Waals surface area contributed by atoms with E-state index in [1.807, 2.05) is 0 Å². The summed E-state index contributed by atoms with van der Waals surface area (Å²) in [4.78, 5) is 20.5. The summed E-state index contributed by atoms with van der Waals surface area (Å²) in [6.07, 6.45) is 9.73. The number of nitrogen functional groups attached to an aromatic ring is 1. The average molecular weight is 447 g/mol. The van der Waals surface area contributed by atoms with Crippen LogP contribution in [0.3, 0.4) is 0 Å². The number of fused-ring (bicyclic) bond motifs is 1. The Balaban J connectivity index is 1.29. The summed E-state index contributed by atoms with van der Waals surface area (Å²) < 4.78 is 18.4. The minimum absolute atomic E-state index is 0.00610. The van der Waals surface area contributed by atoms with Crippen LogP contribution in [0.15, 0.2) is 12.3 Å². The first-order chi connectivity index (χ1) is 14.9. The average Bonchev–Trinajstić information content (AvgIpc) is 3.24. The molecule has 0 radical (unpaired) electrons. The van der Waals surface area contributed by atoms with Crippen LogP contribution >= 0.6 is 11.6 Å². The molecule has 3 aliphatic carbocycles. The van der Waals surface area contributed by atoms with E-state index >= 15 is 0 Å². The zero-order chi connectivity index (χ0) is 21.8. The maximum absolute atomic E-state index is 12.3. The first kappa shape index (κ1) is 20.4. The molecule has 1 saturated heterocycles. The van der Waals surface area contributed by atoms with Crippen LogP contribution in [0.4, 0.5) is 10.6 Å². The number of terminal acetylenes is 1. The van der Waals surface area contributed by atoms with Gasteiger partial charge in [-0.15, -0.1) is 6.42 Å². The van der Waals surface area contributed by atoms with Crippen molar-refractivity contribution in [3.8, 4) is 12.3 Å². The number of rotatable bonds is 6. The van der Waals surface area contributed by atoms with Gasteiger partial charge in [0.05, 0.1) is 18.6 Å². The van der Waals surface area contributed by atoms with Crippen molar-refractivity contribution in [2.24, 2.45) is 11.3 Å². The molecule has 31 heavy (non-hydrogen) atoms. The summed E-state index contributed by atoms with van der Waals surface area (Å²) >= 11 is 5.95. The van der Waals surface area contributed by atoms with E-state index in [4.69, 9.17) is 38.0 Å². The smallest absolute Gasteiger partial charge is 0.434 e. The molecule has 3 saturated carbocycles. The molecule has 2 aromatic heterocycles. The van der Waals surface area contributed by atoms with Gasteiger partial charge >= 0.3 is 6.16 Å². The van der Waals surface area contributed by atoms with Gasteiger partial charge in [0.25, 0.3) is 0 Å². The molecule has 0 aromatic carbocycles. The fraction of sp³-hybridized carbons (Fsp3) is 0.571. The predicted molar refractivity (Wildman–Crippen MR) is 111 cm³/mol. The molecule has 2 bridgehead atoms. The van der Waals surface area contributed by atoms with Gasteiger partial charge in [0.2, 0.25) is 5.28 Å². The van der Waals surface area contributed by atoms with Crippen LogP contribution in [0, 0.1) is 23.7 Å². The molecule has 0 spiro atoms. The lowest BCUT2D eigenvalue weighted by Crippen LogP contribution is -2.52. The van der Waals surface area contributed by atoms with Crippen molar-refractivity contribution in [1.29, 1.82) is 0 Å². The Morgan fingerprint density at radius 3 is 2.87 bits per heavy atom. The number of aliphatic hydroxyl groups excluding tert-OH is 1. The first-order valence-corrected chi connectivity index (χ1v) is 10.6. The molecular weight excluding hydrogens is 424 g/mol. The molecule has 164 valence electrons. The van der Waals surface area contributed by atoms with Crippen molar-refractivity contribution in [1.82, 2.24) is 14.5 Å². The Morgan fingerprint density at radius 1 is 1.45 bits per heavy atom. The van der Waals surface area contributed by atoms with Crippen LogP contribution in [-0.4, -0.2) is 50.7 Å². The van der Waals surface area contributed by atoms with Crippen molar-refractivity contribution >= 4 is 34.6 Å². The van der Waals surface area contributed by atoms with E-state index in [0.29, 0.717) is 23.1 Å². The highest BCUT2D eigenvalue weighted by Crippen LogP contribution is 2.66. The minimum atomic E-state index is -1.50. The van der Waals surface area contributed by atoms with Gasteiger partial charge in [0.1, 0.15) is 17.7 Å². The third kappa shape index (κ3) is 3.30. The van der Waals surface area contributed by atoms with E-state index in [-0.39, 0.29) is 17.5 Å². The maximum Gasteiger partial charge on any atom is 0.508 e. The zero-order valence-corrected chi connectivity index (χ0v) is 17.5. The van der Waals surface area contributed by atoms with E-state index < -0.39 is 30.7 Å². The van der Waals surface area contributed by atoms with Gasteiger partial charge in [0, 0.05) is 12.6 Å². The normalized spacial score (nSPS) is 33.4. The fourth-order valence-corrected chi connectivity index (χ4v) is 5.26. The molecule has 0 amide bonds. The van der Waals surface area contributed by atoms with Gasteiger partial charge < -0.3 is 29.6 Å². The number of aromatic nitrogens is 3. The summed E-state index contributed by atoms with van der Waals surface area (Å²) in [6, 6.07) is 1.73. The van der Waals surface area contributed by atoms with Gasteiger partial charge in [-0.2, -0.15) is 4.98 Å². The molecule has 4 aliphatic rings. The third-order valence-electron chi connectivity index (χ3n) is 6.90. The highest BCUT2D eigenvalue weighted by Gasteiger charge is 2.56. The predicted octanol–water partition coefficient (Wildman–Crippen LogP) is 2.66. The summed E-state index contributed by atoms with van der Waals surface area (Å²) in [5.74, 6) is 3.56. The maximum atomic E-state index is 12.3. The van der Waals surface area contributed by atoms with Gasteiger partial charge in [-0.3, -0.25) is 0 Å². The minimum Gasteiger partial charge on any atom is -0.434 e. The topological polar surface area (TPSA) is 122 Å². The quantitative estimate of drug-likeness (QED) is 0.394. The molecule has 9 nitrogen and oxygen atoms in total. The van der Waals surface area contributed by atoms with Crippen LogP contribution < -0.4 is 5.73 Å². The van der Waals surface area contributed by atoms with Gasteiger partial charge in [-0.05, 0) is 54.7 Å². The molecule has 4 fully saturated rings. The number of nitrogens with zero attached hydrogens (tertiary/aromatic N) is 3. The van der Waals surface area contributed by atoms with Crippen LogP contribution in [0.1, 0.15) is 38.3 Å². The molecule has 3 heterocycles. The second kappa shape index (κ2) is 7.26. The summed E-state index contributed by atoms with van der Waals surface area (Å²) in [6.45, 7) is -0.221. The van der Waals surface area contributed by atoms with Crippen molar-refractivity contribution in [2.75, 3.05) is 18.9 Å². The van der Waals surface area contributed by atoms with Crippen LogP contribution in [-0.2, 0) is 14.2 Å². The molecule has 3 N–H and O–H groups in total. The number of carbonyl (C=O) groups is 1. The SMILES string of the molecule is C#C[C@]1(CO)O[C@@H](n2ccc3c(N)nc(Cl)nc32)C[C@@H]1OC(=O)OCCC12CC(C1)C2. The van der Waals surface area contributed by atoms with E-state index in [1.165, 1.54) is 19.3 Å². The Bertz CT molecular complexity index is 1060. The van der Waals surface area contributed by atoms with E-state index in [2.05, 4.69) is 15.9 Å². The monoisotopic (exact) mass is 446 g/mol. The lowest BCUT2D eigenvalue weighted by molar-refractivity contribution is -0.125. The van der Waals surface area contributed by atoms with E-state index in [9.17, 15) is 9.90 Å². The second-order valence-electron chi connectivity index (χ2n) is 8.77. The first-order valence-electron chi connectivity index (χ1n) is 10.3. The zero-order valence-electron chi connectivity index (χ0n) is 16.8. The van der Waals surface area contributed by atoms with Crippen molar-refractivity contribution in [3.63, 3.8) is 0 Å². The van der Waals surface area contributed by atoms with Gasteiger partial charge in [-0.1, -0.05) is 5.92 Å². The number of ether oxygens (including phenoxy) is 3. The Kier molecular flexibility index (Phi) is 4.77. The summed E-state index contributed by atoms with van der Waals surface area (Å²) in [7, 11) is 0. The largest absolute Gasteiger partial charge is 0.508 e. The summed E-state index contributed by atoms with van der Waals surface area (Å²) in [5.41, 5.74) is 5.24. The second-order valence-corrected chi connectivity index (χ2v) is 9.11. The van der Waals surface area contributed by atoms with E-state index in [0.717, 1.165) is 12.3 Å². The van der Waals surface area contributed by atoms with Crippen molar-refractivity contribution in [3.05, 3.63) is 17.5 Å². The number of hydrogen-bond acceptors (Lipinski definition) is 8. The van der Waals surface area contributed by atoms with Gasteiger partial charge in [0.15, 0.2) is 11.7 Å². The molecule has 10 heteroatoms. The number of carbonyl (C=O) groups excluding carboxylic acids is 1. The fourth-order valence-electron chi connectivity index (χ4n) is 5.09. The van der Waals surface area contributed by atoms with Gasteiger partial charge in [-0.25, -0.2) is 9.78 Å². The number of aliphatic hydroxyl groups is 1. The number of halogens is 1. The lowest BCUT2D eigenvalue weighted by Gasteiger charge is -2.62. The highest BCUT2D eigenvalue weighted by atomic mass is 35.5. The van der Waals surface area contributed by atoms with Crippen LogP contribution in [0.2, 0.25) is 5.28 Å². The Hall–Kier alpha value is -2.54. The molecule has 1 aliphatic heterocycles. The van der Waals surface area contributed by atoms with Crippen molar-refractivity contribution in [2.45, 2.75) is 50.0 Å². The molecular formula is C21H23ClN4O5. The lowest BCUT2D eigenvalue weighted by atomic mass is 9.43. The highest BCUT2D eigenvalue weighted by molar-refractivity contribution is 6.28. The Labute approximate surface area is 183 Å². The number of anilines is 1. The van der Waals surface area contributed by atoms with E-state index in [1.54, 1.807) is 16.8 Å². The molecule has 6 rings (SSSR count). The Morgan fingerprint density at radius 2 is 2.23 bits per heavy atom. The number of nitrogens with two attached hydrogens (primary N) is 1. The van der Waals surface area contributed by atoms with Crippen LogP contribution in [0.25, 0.3) is 11.0 Å². The summed E-state index contributed by atoms with van der Waals surface area (Å²) in [5, 5.41) is 10.6. The molecule has 2 aromatic rings.